The number of likely N-dealkylation sites (N-methyl/N-ethyl adjacent to an activating group) is 1. The van der Waals surface area contributed by atoms with Crippen LogP contribution in [0, 0.1) is 0 Å². The lowest BCUT2D eigenvalue weighted by Crippen LogP contribution is -2.45. The fraction of sp³-hybridized carbons (Fsp3) is 0.714. The largest absolute Gasteiger partial charge is 0.384 e. The molecule has 0 aliphatic carbocycles. The molecule has 1 saturated heterocycles. The van der Waals surface area contributed by atoms with Crippen LogP contribution in [0.2, 0.25) is 0 Å². The molecule has 1 unspecified atom stereocenters. The highest BCUT2D eigenvalue weighted by atomic mass is 15.2. The lowest BCUT2D eigenvalue weighted by atomic mass is 10.0. The van der Waals surface area contributed by atoms with Gasteiger partial charge in [-0.2, -0.15) is 0 Å². The minimum atomic E-state index is 0.302. The third kappa shape index (κ3) is 3.35. The van der Waals surface area contributed by atoms with Gasteiger partial charge in [-0.15, -0.1) is 0 Å². The van der Waals surface area contributed by atoms with Crippen molar-refractivity contribution in [1.29, 1.82) is 0 Å². The van der Waals surface area contributed by atoms with Crippen LogP contribution < -0.4 is 10.6 Å². The van der Waals surface area contributed by atoms with Gasteiger partial charge in [-0.1, -0.05) is 13.8 Å². The maximum atomic E-state index is 5.91. The lowest BCUT2D eigenvalue weighted by Gasteiger charge is -2.37. The molecule has 0 spiro atoms. The van der Waals surface area contributed by atoms with E-state index in [1.165, 1.54) is 12.8 Å². The first kappa shape index (κ1) is 14.1. The molecular formula is C14H25N5. The van der Waals surface area contributed by atoms with Crippen LogP contribution in [-0.2, 0) is 0 Å². The van der Waals surface area contributed by atoms with E-state index < -0.39 is 0 Å². The average molecular weight is 263 g/mol. The second-order valence-electron chi connectivity index (χ2n) is 5.87. The molecular weight excluding hydrogens is 238 g/mol. The minimum Gasteiger partial charge on any atom is -0.384 e. The van der Waals surface area contributed by atoms with Crippen molar-refractivity contribution in [1.82, 2.24) is 14.9 Å². The number of nitrogen functional groups attached to an aromatic ring is 1. The molecule has 1 aromatic rings. The third-order valence-electron chi connectivity index (χ3n) is 3.72. The van der Waals surface area contributed by atoms with Crippen molar-refractivity contribution in [3.8, 4) is 0 Å². The van der Waals surface area contributed by atoms with E-state index in [0.717, 1.165) is 24.7 Å². The van der Waals surface area contributed by atoms with E-state index in [9.17, 15) is 0 Å². The van der Waals surface area contributed by atoms with Gasteiger partial charge in [0.1, 0.15) is 17.5 Å². The van der Waals surface area contributed by atoms with Crippen molar-refractivity contribution in [2.24, 2.45) is 0 Å². The zero-order valence-electron chi connectivity index (χ0n) is 12.4. The second kappa shape index (κ2) is 5.74. The third-order valence-corrected chi connectivity index (χ3v) is 3.72. The fourth-order valence-corrected chi connectivity index (χ4v) is 2.48. The normalized spacial score (nSPS) is 20.3. The molecule has 1 fully saturated rings. The van der Waals surface area contributed by atoms with E-state index in [-0.39, 0.29) is 0 Å². The van der Waals surface area contributed by atoms with Crippen LogP contribution >= 0.6 is 0 Å². The first-order valence-electron chi connectivity index (χ1n) is 7.03. The summed E-state index contributed by atoms with van der Waals surface area (Å²) < 4.78 is 0. The first-order chi connectivity index (χ1) is 8.97. The van der Waals surface area contributed by atoms with E-state index in [2.05, 4.69) is 47.7 Å². The summed E-state index contributed by atoms with van der Waals surface area (Å²) in [5.41, 5.74) is 5.91. The Kier molecular flexibility index (Phi) is 4.24. The molecule has 2 heterocycles. The Hall–Kier alpha value is -1.36. The molecule has 2 rings (SSSR count). The monoisotopic (exact) mass is 263 g/mol. The quantitative estimate of drug-likeness (QED) is 0.899. The van der Waals surface area contributed by atoms with Gasteiger partial charge >= 0.3 is 0 Å². The molecule has 0 radical (unpaired) electrons. The molecule has 1 aliphatic heterocycles. The summed E-state index contributed by atoms with van der Waals surface area (Å²) in [4.78, 5) is 13.6. The van der Waals surface area contributed by atoms with Crippen LogP contribution in [0.3, 0.4) is 0 Å². The summed E-state index contributed by atoms with van der Waals surface area (Å²) in [7, 11) is 4.28. The Morgan fingerprint density at radius 2 is 2.11 bits per heavy atom. The van der Waals surface area contributed by atoms with Crippen LogP contribution in [0.4, 0.5) is 11.6 Å². The van der Waals surface area contributed by atoms with Crippen molar-refractivity contribution < 1.29 is 0 Å². The molecule has 5 nitrogen and oxygen atoms in total. The van der Waals surface area contributed by atoms with Crippen molar-refractivity contribution in [2.75, 3.05) is 37.8 Å². The number of aromatic nitrogens is 2. The van der Waals surface area contributed by atoms with E-state index in [1.54, 1.807) is 0 Å². The summed E-state index contributed by atoms with van der Waals surface area (Å²) in [6.45, 7) is 6.26. The van der Waals surface area contributed by atoms with Gasteiger partial charge in [0, 0.05) is 31.1 Å². The number of hydrogen-bond acceptors (Lipinski definition) is 5. The SMILES string of the molecule is CC(C)c1nc(N)cc(N2CCCC(N(C)C)C2)n1. The maximum absolute atomic E-state index is 5.91. The van der Waals surface area contributed by atoms with Gasteiger partial charge < -0.3 is 15.5 Å². The number of nitrogens with zero attached hydrogens (tertiary/aromatic N) is 4. The van der Waals surface area contributed by atoms with Crippen LogP contribution in [-0.4, -0.2) is 48.1 Å². The molecule has 0 saturated carbocycles. The van der Waals surface area contributed by atoms with E-state index >= 15 is 0 Å². The first-order valence-corrected chi connectivity index (χ1v) is 7.03. The number of rotatable bonds is 3. The Morgan fingerprint density at radius 3 is 2.74 bits per heavy atom. The zero-order chi connectivity index (χ0) is 14.0. The summed E-state index contributed by atoms with van der Waals surface area (Å²) in [6, 6.07) is 2.48. The number of anilines is 2. The molecule has 106 valence electrons. The summed E-state index contributed by atoms with van der Waals surface area (Å²) in [5, 5.41) is 0. The minimum absolute atomic E-state index is 0.302. The second-order valence-corrected chi connectivity index (χ2v) is 5.87. The van der Waals surface area contributed by atoms with Crippen molar-refractivity contribution in [2.45, 2.75) is 38.6 Å². The summed E-state index contributed by atoms with van der Waals surface area (Å²) >= 11 is 0. The molecule has 19 heavy (non-hydrogen) atoms. The molecule has 1 aromatic heterocycles. The van der Waals surface area contributed by atoms with Gasteiger partial charge in [0.2, 0.25) is 0 Å². The highest BCUT2D eigenvalue weighted by Gasteiger charge is 2.23. The average Bonchev–Trinajstić information content (AvgIpc) is 2.38. The van der Waals surface area contributed by atoms with Gasteiger partial charge in [0.25, 0.3) is 0 Å². The number of nitrogens with two attached hydrogens (primary N) is 1. The van der Waals surface area contributed by atoms with Crippen LogP contribution in [0.1, 0.15) is 38.4 Å². The van der Waals surface area contributed by atoms with Crippen LogP contribution in [0.25, 0.3) is 0 Å². The van der Waals surface area contributed by atoms with E-state index in [0.29, 0.717) is 17.8 Å². The van der Waals surface area contributed by atoms with E-state index in [1.807, 2.05) is 6.07 Å². The fourth-order valence-electron chi connectivity index (χ4n) is 2.48. The van der Waals surface area contributed by atoms with Gasteiger partial charge in [0.15, 0.2) is 0 Å². The molecule has 0 bridgehead atoms. The highest BCUT2D eigenvalue weighted by Crippen LogP contribution is 2.23. The van der Waals surface area contributed by atoms with Gasteiger partial charge in [-0.3, -0.25) is 0 Å². The topological polar surface area (TPSA) is 58.3 Å². The van der Waals surface area contributed by atoms with Crippen molar-refractivity contribution in [3.05, 3.63) is 11.9 Å². The van der Waals surface area contributed by atoms with Gasteiger partial charge in [-0.25, -0.2) is 9.97 Å². The smallest absolute Gasteiger partial charge is 0.135 e. The predicted molar refractivity (Wildman–Crippen MR) is 79.5 cm³/mol. The van der Waals surface area contributed by atoms with Crippen molar-refractivity contribution >= 4 is 11.6 Å². The number of hydrogen-bond donors (Lipinski definition) is 1. The molecule has 1 atom stereocenters. The predicted octanol–water partition coefficient (Wildman–Crippen LogP) is 1.71. The zero-order valence-corrected chi connectivity index (χ0v) is 12.4. The Labute approximate surface area is 115 Å². The number of piperidine rings is 1. The Bertz CT molecular complexity index is 430. The van der Waals surface area contributed by atoms with Gasteiger partial charge in [-0.05, 0) is 26.9 Å². The maximum Gasteiger partial charge on any atom is 0.135 e. The molecule has 2 N–H and O–H groups in total. The summed E-state index contributed by atoms with van der Waals surface area (Å²) in [5.74, 6) is 2.68. The molecule has 0 aromatic carbocycles. The van der Waals surface area contributed by atoms with Gasteiger partial charge in [0.05, 0.1) is 0 Å². The van der Waals surface area contributed by atoms with Crippen molar-refractivity contribution in [3.63, 3.8) is 0 Å². The Balaban J connectivity index is 2.21. The lowest BCUT2D eigenvalue weighted by molar-refractivity contribution is 0.257. The molecule has 1 aliphatic rings. The van der Waals surface area contributed by atoms with E-state index in [4.69, 9.17) is 5.73 Å². The Morgan fingerprint density at radius 1 is 1.37 bits per heavy atom. The summed E-state index contributed by atoms with van der Waals surface area (Å²) in [6.07, 6.45) is 2.45. The van der Waals surface area contributed by atoms with Crippen LogP contribution in [0.5, 0.6) is 0 Å². The molecule has 5 heteroatoms. The molecule has 0 amide bonds. The standard InChI is InChI=1S/C14H25N5/c1-10(2)14-16-12(15)8-13(17-14)19-7-5-6-11(9-19)18(3)4/h8,10-11H,5-7,9H2,1-4H3,(H2,15,16,17). The van der Waals surface area contributed by atoms with Crippen LogP contribution in [0.15, 0.2) is 6.07 Å². The highest BCUT2D eigenvalue weighted by molar-refractivity contribution is 5.47.